The van der Waals surface area contributed by atoms with Gasteiger partial charge in [0.15, 0.2) is 0 Å². The molecule has 0 amide bonds. The SMILES string of the molecule is CCNC1CCc2c(OCc3ccccc3Cl)cccc21. The summed E-state index contributed by atoms with van der Waals surface area (Å²) in [5.74, 6) is 0.993. The van der Waals surface area contributed by atoms with Crippen LogP contribution in [0.25, 0.3) is 0 Å². The summed E-state index contributed by atoms with van der Waals surface area (Å²) in [6.45, 7) is 3.66. The van der Waals surface area contributed by atoms with Gasteiger partial charge in [0.05, 0.1) is 0 Å². The molecule has 21 heavy (non-hydrogen) atoms. The Kier molecular flexibility index (Phi) is 4.47. The topological polar surface area (TPSA) is 21.3 Å². The second-order valence-electron chi connectivity index (χ2n) is 5.35. The molecule has 3 heteroatoms. The van der Waals surface area contributed by atoms with Gasteiger partial charge in [-0.25, -0.2) is 0 Å². The molecule has 0 heterocycles. The van der Waals surface area contributed by atoms with E-state index in [4.69, 9.17) is 16.3 Å². The van der Waals surface area contributed by atoms with E-state index < -0.39 is 0 Å². The van der Waals surface area contributed by atoms with Crippen molar-refractivity contribution >= 4 is 11.6 Å². The summed E-state index contributed by atoms with van der Waals surface area (Å²) in [6, 6.07) is 14.6. The van der Waals surface area contributed by atoms with E-state index in [2.05, 4.69) is 30.4 Å². The number of benzene rings is 2. The number of hydrogen-bond donors (Lipinski definition) is 1. The van der Waals surface area contributed by atoms with Gasteiger partial charge in [0.1, 0.15) is 12.4 Å². The van der Waals surface area contributed by atoms with Crippen molar-refractivity contribution in [1.82, 2.24) is 5.32 Å². The first-order valence-corrected chi connectivity index (χ1v) is 7.88. The molecule has 0 fully saturated rings. The van der Waals surface area contributed by atoms with Crippen molar-refractivity contribution in [2.75, 3.05) is 6.54 Å². The molecule has 0 saturated heterocycles. The van der Waals surface area contributed by atoms with Gasteiger partial charge in [-0.15, -0.1) is 0 Å². The van der Waals surface area contributed by atoms with E-state index in [1.165, 1.54) is 11.1 Å². The Morgan fingerprint density at radius 3 is 2.86 bits per heavy atom. The van der Waals surface area contributed by atoms with Crippen molar-refractivity contribution < 1.29 is 4.74 Å². The normalized spacial score (nSPS) is 16.8. The number of rotatable bonds is 5. The summed E-state index contributed by atoms with van der Waals surface area (Å²) in [4.78, 5) is 0. The first-order chi connectivity index (χ1) is 10.3. The van der Waals surface area contributed by atoms with Crippen LogP contribution in [0.15, 0.2) is 42.5 Å². The van der Waals surface area contributed by atoms with Gasteiger partial charge in [-0.05, 0) is 42.6 Å². The molecule has 0 spiro atoms. The summed E-state index contributed by atoms with van der Waals surface area (Å²) in [5.41, 5.74) is 3.75. The van der Waals surface area contributed by atoms with E-state index in [0.29, 0.717) is 12.6 Å². The largest absolute Gasteiger partial charge is 0.489 e. The molecule has 2 aromatic rings. The smallest absolute Gasteiger partial charge is 0.123 e. The summed E-state index contributed by atoms with van der Waals surface area (Å²) in [7, 11) is 0. The third-order valence-electron chi connectivity index (χ3n) is 4.02. The van der Waals surface area contributed by atoms with Gasteiger partial charge in [0, 0.05) is 16.6 Å². The van der Waals surface area contributed by atoms with Crippen LogP contribution in [-0.4, -0.2) is 6.54 Å². The van der Waals surface area contributed by atoms with E-state index in [1.807, 2.05) is 24.3 Å². The predicted molar refractivity (Wildman–Crippen MR) is 87.0 cm³/mol. The highest BCUT2D eigenvalue weighted by Crippen LogP contribution is 2.37. The van der Waals surface area contributed by atoms with Crippen LogP contribution in [0, 0.1) is 0 Å². The van der Waals surface area contributed by atoms with Crippen LogP contribution in [0.1, 0.15) is 36.1 Å². The third kappa shape index (κ3) is 3.07. The first-order valence-electron chi connectivity index (χ1n) is 7.51. The molecule has 1 atom stereocenters. The molecule has 2 aromatic carbocycles. The minimum Gasteiger partial charge on any atom is -0.489 e. The standard InChI is InChI=1S/C18H20ClNO/c1-2-20-17-11-10-15-14(17)7-5-9-18(15)21-12-13-6-3-4-8-16(13)19/h3-9,17,20H,2,10-12H2,1H3. The number of ether oxygens (including phenoxy) is 1. The van der Waals surface area contributed by atoms with Crippen molar-refractivity contribution in [3.63, 3.8) is 0 Å². The number of halogens is 1. The molecule has 1 aliphatic rings. The molecule has 0 aromatic heterocycles. The average molecular weight is 302 g/mol. The summed E-state index contributed by atoms with van der Waals surface area (Å²) in [6.07, 6.45) is 2.22. The number of hydrogen-bond acceptors (Lipinski definition) is 2. The van der Waals surface area contributed by atoms with Crippen LogP contribution in [0.3, 0.4) is 0 Å². The van der Waals surface area contributed by atoms with Gasteiger partial charge >= 0.3 is 0 Å². The van der Waals surface area contributed by atoms with Crippen molar-refractivity contribution in [1.29, 1.82) is 0 Å². The van der Waals surface area contributed by atoms with Crippen LogP contribution in [-0.2, 0) is 13.0 Å². The highest BCUT2D eigenvalue weighted by molar-refractivity contribution is 6.31. The monoisotopic (exact) mass is 301 g/mol. The van der Waals surface area contributed by atoms with Crippen LogP contribution in [0.4, 0.5) is 0 Å². The maximum Gasteiger partial charge on any atom is 0.123 e. The molecule has 0 saturated carbocycles. The lowest BCUT2D eigenvalue weighted by molar-refractivity contribution is 0.303. The minimum absolute atomic E-state index is 0.467. The van der Waals surface area contributed by atoms with E-state index in [1.54, 1.807) is 0 Å². The fourth-order valence-corrected chi connectivity index (χ4v) is 3.18. The van der Waals surface area contributed by atoms with Crippen LogP contribution >= 0.6 is 11.6 Å². The Morgan fingerprint density at radius 1 is 1.19 bits per heavy atom. The lowest BCUT2D eigenvalue weighted by Gasteiger charge is -2.14. The second-order valence-corrected chi connectivity index (χ2v) is 5.76. The zero-order valence-corrected chi connectivity index (χ0v) is 13.0. The molecule has 1 N–H and O–H groups in total. The number of fused-ring (bicyclic) bond motifs is 1. The zero-order valence-electron chi connectivity index (χ0n) is 12.2. The quantitative estimate of drug-likeness (QED) is 0.877. The van der Waals surface area contributed by atoms with E-state index in [0.717, 1.165) is 35.7 Å². The highest BCUT2D eigenvalue weighted by atomic mass is 35.5. The Morgan fingerprint density at radius 2 is 2.05 bits per heavy atom. The van der Waals surface area contributed by atoms with Gasteiger partial charge in [-0.3, -0.25) is 0 Å². The minimum atomic E-state index is 0.467. The molecule has 1 unspecified atom stereocenters. The Balaban J connectivity index is 1.77. The van der Waals surface area contributed by atoms with Crippen molar-refractivity contribution in [3.05, 3.63) is 64.2 Å². The highest BCUT2D eigenvalue weighted by Gasteiger charge is 2.24. The molecule has 0 aliphatic heterocycles. The van der Waals surface area contributed by atoms with E-state index in [-0.39, 0.29) is 0 Å². The van der Waals surface area contributed by atoms with Gasteiger partial charge in [0.2, 0.25) is 0 Å². The predicted octanol–water partition coefficient (Wildman–Crippen LogP) is 4.52. The molecule has 1 aliphatic carbocycles. The molecule has 3 rings (SSSR count). The van der Waals surface area contributed by atoms with Gasteiger partial charge in [0.25, 0.3) is 0 Å². The van der Waals surface area contributed by atoms with E-state index >= 15 is 0 Å². The molecule has 2 nitrogen and oxygen atoms in total. The van der Waals surface area contributed by atoms with Crippen LogP contribution in [0.2, 0.25) is 5.02 Å². The molecule has 0 bridgehead atoms. The third-order valence-corrected chi connectivity index (χ3v) is 4.39. The molecular formula is C18H20ClNO. The van der Waals surface area contributed by atoms with Crippen LogP contribution < -0.4 is 10.1 Å². The average Bonchev–Trinajstić information content (AvgIpc) is 2.91. The van der Waals surface area contributed by atoms with Crippen LogP contribution in [0.5, 0.6) is 5.75 Å². The molecule has 110 valence electrons. The fourth-order valence-electron chi connectivity index (χ4n) is 2.99. The lowest BCUT2D eigenvalue weighted by atomic mass is 10.1. The Hall–Kier alpha value is -1.51. The van der Waals surface area contributed by atoms with Gasteiger partial charge in [-0.2, -0.15) is 0 Å². The Bertz CT molecular complexity index is 626. The van der Waals surface area contributed by atoms with Gasteiger partial charge in [-0.1, -0.05) is 48.9 Å². The summed E-state index contributed by atoms with van der Waals surface area (Å²) in [5, 5.41) is 4.29. The fraction of sp³-hybridized carbons (Fsp3) is 0.333. The second kappa shape index (κ2) is 6.50. The summed E-state index contributed by atoms with van der Waals surface area (Å²) < 4.78 is 6.03. The maximum atomic E-state index is 6.18. The maximum absolute atomic E-state index is 6.18. The van der Waals surface area contributed by atoms with E-state index in [9.17, 15) is 0 Å². The van der Waals surface area contributed by atoms with Crippen molar-refractivity contribution in [2.45, 2.75) is 32.4 Å². The number of nitrogens with one attached hydrogen (secondary N) is 1. The van der Waals surface area contributed by atoms with Gasteiger partial charge < -0.3 is 10.1 Å². The molecule has 0 radical (unpaired) electrons. The zero-order chi connectivity index (χ0) is 14.7. The summed E-state index contributed by atoms with van der Waals surface area (Å²) >= 11 is 6.18. The lowest BCUT2D eigenvalue weighted by Crippen LogP contribution is -2.18. The van der Waals surface area contributed by atoms with Crippen molar-refractivity contribution in [3.8, 4) is 5.75 Å². The van der Waals surface area contributed by atoms with Crippen molar-refractivity contribution in [2.24, 2.45) is 0 Å². The molecular weight excluding hydrogens is 282 g/mol. The first kappa shape index (κ1) is 14.4. The Labute approximate surface area is 131 Å².